The summed E-state index contributed by atoms with van der Waals surface area (Å²) in [5.74, 6) is -5.42. The van der Waals surface area contributed by atoms with E-state index in [0.717, 1.165) is 25.1 Å². The second-order valence-corrected chi connectivity index (χ2v) is 6.95. The Hall–Kier alpha value is -2.82. The summed E-state index contributed by atoms with van der Waals surface area (Å²) < 4.78 is 41.5. The maximum absolute atomic E-state index is 14.1. The van der Waals surface area contributed by atoms with Crippen LogP contribution in [-0.2, 0) is 4.79 Å². The predicted octanol–water partition coefficient (Wildman–Crippen LogP) is 3.21. The topological polar surface area (TPSA) is 77.2 Å². The van der Waals surface area contributed by atoms with Crippen LogP contribution in [0.5, 0.6) is 0 Å². The molecule has 0 radical (unpaired) electrons. The van der Waals surface area contributed by atoms with Crippen LogP contribution in [0.25, 0.3) is 10.9 Å². The summed E-state index contributed by atoms with van der Waals surface area (Å²) in [6.07, 6.45) is 3.18. The number of carbonyl (C=O) groups is 1. The van der Waals surface area contributed by atoms with E-state index in [9.17, 15) is 28.3 Å². The van der Waals surface area contributed by atoms with Crippen molar-refractivity contribution < 1.29 is 23.1 Å². The molecule has 1 saturated carbocycles. The van der Waals surface area contributed by atoms with Gasteiger partial charge in [-0.05, 0) is 24.8 Å². The molecule has 2 aliphatic rings. The molecule has 1 saturated heterocycles. The van der Waals surface area contributed by atoms with E-state index in [2.05, 4.69) is 4.98 Å². The van der Waals surface area contributed by atoms with Crippen molar-refractivity contribution >= 4 is 22.6 Å². The maximum atomic E-state index is 14.1. The molecule has 0 amide bonds. The van der Waals surface area contributed by atoms with E-state index in [1.54, 1.807) is 4.90 Å². The third-order valence-corrected chi connectivity index (χ3v) is 5.70. The van der Waals surface area contributed by atoms with Gasteiger partial charge >= 0.3 is 5.97 Å². The molecule has 5 nitrogen and oxygen atoms in total. The normalized spacial score (nSPS) is 24.7. The zero-order valence-electron chi connectivity index (χ0n) is 13.6. The standard InChI is InChI=1S/C18H14F3N3O2/c19-12-4-11-15(14(21)13(12)20)23-6-9(5-22)16(11)24-7-10-2-1-3-18(10,8-24)17(25)26/h4,6,10H,1-3,7-8H2,(H,25,26)/t10-,18+/m0/s1. The van der Waals surface area contributed by atoms with Crippen LogP contribution in [0.2, 0.25) is 0 Å². The fourth-order valence-electron chi connectivity index (χ4n) is 4.46. The smallest absolute Gasteiger partial charge is 0.311 e. The molecule has 26 heavy (non-hydrogen) atoms. The molecule has 1 aromatic heterocycles. The van der Waals surface area contributed by atoms with Gasteiger partial charge in [0.05, 0.1) is 16.7 Å². The summed E-state index contributed by atoms with van der Waals surface area (Å²) in [6, 6.07) is 2.75. The second kappa shape index (κ2) is 5.59. The Morgan fingerprint density at radius 1 is 1.38 bits per heavy atom. The van der Waals surface area contributed by atoms with E-state index in [0.29, 0.717) is 13.0 Å². The molecule has 1 aromatic carbocycles. The Kier molecular flexibility index (Phi) is 3.58. The van der Waals surface area contributed by atoms with Gasteiger partial charge in [-0.1, -0.05) is 6.42 Å². The molecular formula is C18H14F3N3O2. The van der Waals surface area contributed by atoms with Crippen LogP contribution in [0.3, 0.4) is 0 Å². The lowest BCUT2D eigenvalue weighted by Crippen LogP contribution is -2.35. The zero-order chi connectivity index (χ0) is 18.6. The number of nitriles is 1. The number of fused-ring (bicyclic) bond motifs is 2. The highest BCUT2D eigenvalue weighted by atomic mass is 19.2. The fourth-order valence-corrected chi connectivity index (χ4v) is 4.46. The molecule has 2 aromatic rings. The highest BCUT2D eigenvalue weighted by Crippen LogP contribution is 2.51. The van der Waals surface area contributed by atoms with Crippen LogP contribution in [0.1, 0.15) is 24.8 Å². The summed E-state index contributed by atoms with van der Waals surface area (Å²) in [6.45, 7) is 0.502. The highest BCUT2D eigenvalue weighted by molar-refractivity contribution is 5.95. The SMILES string of the molecule is N#Cc1cnc2c(F)c(F)c(F)cc2c1N1C[C@@H]2CCC[C@@]2(C(=O)O)C1. The molecular weight excluding hydrogens is 347 g/mol. The van der Waals surface area contributed by atoms with Crippen molar-refractivity contribution in [2.75, 3.05) is 18.0 Å². The molecule has 0 spiro atoms. The van der Waals surface area contributed by atoms with Gasteiger partial charge in [0.2, 0.25) is 0 Å². The Labute approximate surface area is 146 Å². The van der Waals surface area contributed by atoms with E-state index >= 15 is 0 Å². The summed E-state index contributed by atoms with van der Waals surface area (Å²) in [7, 11) is 0. The third kappa shape index (κ3) is 2.09. The number of benzene rings is 1. The molecule has 1 N–H and O–H groups in total. The quantitative estimate of drug-likeness (QED) is 0.831. The maximum Gasteiger partial charge on any atom is 0.311 e. The monoisotopic (exact) mass is 361 g/mol. The highest BCUT2D eigenvalue weighted by Gasteiger charge is 2.55. The Morgan fingerprint density at radius 2 is 2.15 bits per heavy atom. The number of aromatic nitrogens is 1. The molecule has 0 unspecified atom stereocenters. The van der Waals surface area contributed by atoms with Crippen molar-refractivity contribution in [2.24, 2.45) is 11.3 Å². The van der Waals surface area contributed by atoms with Crippen LogP contribution in [0.15, 0.2) is 12.3 Å². The van der Waals surface area contributed by atoms with Crippen molar-refractivity contribution in [1.82, 2.24) is 4.98 Å². The van der Waals surface area contributed by atoms with Crippen molar-refractivity contribution in [3.05, 3.63) is 35.3 Å². The third-order valence-electron chi connectivity index (χ3n) is 5.70. The minimum Gasteiger partial charge on any atom is -0.481 e. The number of hydrogen-bond donors (Lipinski definition) is 1. The number of carboxylic acids is 1. The van der Waals surface area contributed by atoms with Crippen LogP contribution < -0.4 is 4.90 Å². The van der Waals surface area contributed by atoms with Gasteiger partial charge < -0.3 is 10.0 Å². The molecule has 2 heterocycles. The Morgan fingerprint density at radius 3 is 2.81 bits per heavy atom. The number of pyridine rings is 1. The summed E-state index contributed by atoms with van der Waals surface area (Å²) >= 11 is 0. The van der Waals surface area contributed by atoms with Gasteiger partial charge in [-0.3, -0.25) is 9.78 Å². The lowest BCUT2D eigenvalue weighted by molar-refractivity contribution is -0.149. The van der Waals surface area contributed by atoms with Gasteiger partial charge in [-0.2, -0.15) is 5.26 Å². The lowest BCUT2D eigenvalue weighted by atomic mass is 9.81. The fraction of sp³-hybridized carbons (Fsp3) is 0.389. The van der Waals surface area contributed by atoms with Crippen molar-refractivity contribution in [2.45, 2.75) is 19.3 Å². The number of halogens is 3. The minimum absolute atomic E-state index is 0.0269. The minimum atomic E-state index is -1.62. The van der Waals surface area contributed by atoms with E-state index in [1.807, 2.05) is 6.07 Å². The molecule has 134 valence electrons. The predicted molar refractivity (Wildman–Crippen MR) is 86.0 cm³/mol. The van der Waals surface area contributed by atoms with Crippen LogP contribution in [-0.4, -0.2) is 29.1 Å². The van der Waals surface area contributed by atoms with Crippen molar-refractivity contribution in [3.8, 4) is 6.07 Å². The lowest BCUT2D eigenvalue weighted by Gasteiger charge is -2.25. The second-order valence-electron chi connectivity index (χ2n) is 6.95. The molecule has 2 fully saturated rings. The van der Waals surface area contributed by atoms with E-state index in [-0.39, 0.29) is 34.6 Å². The van der Waals surface area contributed by atoms with Gasteiger partial charge in [-0.25, -0.2) is 13.2 Å². The first-order chi connectivity index (χ1) is 12.4. The van der Waals surface area contributed by atoms with Crippen LogP contribution in [0.4, 0.5) is 18.9 Å². The van der Waals surface area contributed by atoms with E-state index in [1.165, 1.54) is 0 Å². The van der Waals surface area contributed by atoms with Gasteiger partial charge in [0, 0.05) is 24.7 Å². The van der Waals surface area contributed by atoms with Crippen LogP contribution in [0, 0.1) is 40.1 Å². The Balaban J connectivity index is 1.92. The molecule has 1 aliphatic heterocycles. The van der Waals surface area contributed by atoms with Gasteiger partial charge in [-0.15, -0.1) is 0 Å². The van der Waals surface area contributed by atoms with Crippen molar-refractivity contribution in [3.63, 3.8) is 0 Å². The first-order valence-corrected chi connectivity index (χ1v) is 8.23. The van der Waals surface area contributed by atoms with Crippen molar-refractivity contribution in [1.29, 1.82) is 5.26 Å². The number of anilines is 1. The number of nitrogens with zero attached hydrogens (tertiary/aromatic N) is 3. The van der Waals surface area contributed by atoms with Crippen LogP contribution >= 0.6 is 0 Å². The first-order valence-electron chi connectivity index (χ1n) is 8.23. The Bertz CT molecular complexity index is 988. The average Bonchev–Trinajstić information content (AvgIpc) is 3.17. The summed E-state index contributed by atoms with van der Waals surface area (Å²) in [5, 5.41) is 19.1. The summed E-state index contributed by atoms with van der Waals surface area (Å²) in [5.41, 5.74) is -1.02. The molecule has 8 heteroatoms. The molecule has 1 aliphatic carbocycles. The first kappa shape index (κ1) is 16.6. The number of hydrogen-bond acceptors (Lipinski definition) is 4. The largest absolute Gasteiger partial charge is 0.481 e. The average molecular weight is 361 g/mol. The molecule has 4 rings (SSSR count). The van der Waals surface area contributed by atoms with Gasteiger partial charge in [0.15, 0.2) is 17.5 Å². The zero-order valence-corrected chi connectivity index (χ0v) is 13.6. The number of rotatable bonds is 2. The molecule has 0 bridgehead atoms. The summed E-state index contributed by atoms with van der Waals surface area (Å²) in [4.78, 5) is 17.3. The number of aliphatic carboxylic acids is 1. The van der Waals surface area contributed by atoms with E-state index < -0.39 is 28.8 Å². The van der Waals surface area contributed by atoms with Gasteiger partial charge in [0.1, 0.15) is 11.6 Å². The van der Waals surface area contributed by atoms with Gasteiger partial charge in [0.25, 0.3) is 0 Å². The van der Waals surface area contributed by atoms with E-state index in [4.69, 9.17) is 0 Å². The number of carboxylic acid groups (broad SMARTS) is 1. The molecule has 2 atom stereocenters.